The topological polar surface area (TPSA) is 90.2 Å². The van der Waals surface area contributed by atoms with E-state index in [0.29, 0.717) is 5.76 Å². The van der Waals surface area contributed by atoms with Crippen LogP contribution in [0.3, 0.4) is 0 Å². The van der Waals surface area contributed by atoms with Gasteiger partial charge in [0.25, 0.3) is 0 Å². The maximum atomic E-state index is 10.8. The monoisotopic (exact) mass is 323 g/mol. The predicted molar refractivity (Wildman–Crippen MR) is 77.3 cm³/mol. The number of nitro groups is 1. The van der Waals surface area contributed by atoms with Crippen molar-refractivity contribution in [2.45, 2.75) is 23.9 Å². The minimum atomic E-state index is -0.530. The third-order valence-electron chi connectivity index (χ3n) is 3.19. The van der Waals surface area contributed by atoms with Gasteiger partial charge in [-0.15, -0.1) is 10.2 Å². The van der Waals surface area contributed by atoms with E-state index in [9.17, 15) is 10.1 Å². The van der Waals surface area contributed by atoms with E-state index in [2.05, 4.69) is 10.2 Å². The van der Waals surface area contributed by atoms with Crippen molar-refractivity contribution in [1.29, 1.82) is 0 Å². The Morgan fingerprint density at radius 3 is 3.05 bits per heavy atom. The van der Waals surface area contributed by atoms with Crippen LogP contribution in [0.5, 0.6) is 0 Å². The molecule has 0 N–H and O–H groups in total. The molecule has 4 heterocycles. The molecular formula is C11H9N5O3S2. The average Bonchev–Trinajstić information content (AvgIpc) is 3.18. The van der Waals surface area contributed by atoms with Gasteiger partial charge >= 0.3 is 5.88 Å². The minimum Gasteiger partial charge on any atom is -0.403 e. The zero-order valence-corrected chi connectivity index (χ0v) is 12.4. The number of fused-ring (bicyclic) bond motifs is 3. The van der Waals surface area contributed by atoms with Gasteiger partial charge in [-0.2, -0.15) is 0 Å². The lowest BCUT2D eigenvalue weighted by molar-refractivity contribution is -0.402. The van der Waals surface area contributed by atoms with Crippen LogP contribution in [0.15, 0.2) is 32.1 Å². The second kappa shape index (κ2) is 4.53. The first-order valence-electron chi connectivity index (χ1n) is 6.20. The van der Waals surface area contributed by atoms with Gasteiger partial charge in [-0.3, -0.25) is 10.1 Å². The maximum Gasteiger partial charge on any atom is 0.433 e. The minimum absolute atomic E-state index is 0.177. The molecule has 0 bridgehead atoms. The summed E-state index contributed by atoms with van der Waals surface area (Å²) in [6.07, 6.45) is 0.757. The third kappa shape index (κ3) is 1.79. The van der Waals surface area contributed by atoms with Crippen LogP contribution in [0.25, 0.3) is 0 Å². The molecule has 2 aromatic heterocycles. The average molecular weight is 323 g/mol. The summed E-state index contributed by atoms with van der Waals surface area (Å²) < 4.78 is 7.30. The van der Waals surface area contributed by atoms with E-state index in [-0.39, 0.29) is 11.3 Å². The summed E-state index contributed by atoms with van der Waals surface area (Å²) in [7, 11) is 0. The molecule has 21 heavy (non-hydrogen) atoms. The second-order valence-corrected chi connectivity index (χ2v) is 6.33. The van der Waals surface area contributed by atoms with Gasteiger partial charge in [0.05, 0.1) is 6.07 Å². The molecule has 0 fully saturated rings. The molecule has 0 saturated heterocycles. The van der Waals surface area contributed by atoms with Crippen molar-refractivity contribution in [2.24, 2.45) is 0 Å². The SMILES string of the molecule is CCc1nnc2n1N1C(=CSC1c1ccc([N+](=O)[O-])o1)S2. The molecule has 1 atom stereocenters. The Hall–Kier alpha value is -1.94. The lowest BCUT2D eigenvalue weighted by Gasteiger charge is -2.23. The lowest BCUT2D eigenvalue weighted by Crippen LogP contribution is -2.30. The summed E-state index contributed by atoms with van der Waals surface area (Å²) >= 11 is 3.08. The van der Waals surface area contributed by atoms with E-state index in [1.54, 1.807) is 17.8 Å². The van der Waals surface area contributed by atoms with Crippen LogP contribution < -0.4 is 5.01 Å². The predicted octanol–water partition coefficient (Wildman–Crippen LogP) is 2.63. The molecule has 0 radical (unpaired) electrons. The number of aryl methyl sites for hydroxylation is 1. The fraction of sp³-hybridized carbons (Fsp3) is 0.273. The van der Waals surface area contributed by atoms with Gasteiger partial charge < -0.3 is 4.42 Å². The molecule has 0 aliphatic carbocycles. The highest BCUT2D eigenvalue weighted by atomic mass is 32.2. The zero-order valence-electron chi connectivity index (χ0n) is 10.8. The first-order valence-corrected chi connectivity index (χ1v) is 7.96. The first-order chi connectivity index (χ1) is 10.2. The highest BCUT2D eigenvalue weighted by molar-refractivity contribution is 8.07. The van der Waals surface area contributed by atoms with Crippen LogP contribution in [0.1, 0.15) is 23.9 Å². The van der Waals surface area contributed by atoms with E-state index in [0.717, 1.165) is 22.4 Å². The number of nitrogens with zero attached hydrogens (tertiary/aromatic N) is 5. The number of hydrogen-bond donors (Lipinski definition) is 0. The Labute approximate surface area is 127 Å². The van der Waals surface area contributed by atoms with Crippen molar-refractivity contribution in [3.05, 3.63) is 44.3 Å². The molecule has 0 amide bonds. The van der Waals surface area contributed by atoms with Gasteiger partial charge in [0.15, 0.2) is 11.2 Å². The molecule has 2 aromatic rings. The molecule has 2 aliphatic rings. The van der Waals surface area contributed by atoms with Gasteiger partial charge in [-0.25, -0.2) is 9.69 Å². The van der Waals surface area contributed by atoms with Crippen LogP contribution in [-0.2, 0) is 6.42 Å². The van der Waals surface area contributed by atoms with Crippen molar-refractivity contribution in [3.8, 4) is 0 Å². The highest BCUT2D eigenvalue weighted by Gasteiger charge is 2.41. The first kappa shape index (κ1) is 12.8. The highest BCUT2D eigenvalue weighted by Crippen LogP contribution is 2.51. The van der Waals surface area contributed by atoms with Crippen molar-refractivity contribution in [3.63, 3.8) is 0 Å². The fourth-order valence-corrected chi connectivity index (χ4v) is 4.47. The molecule has 0 aromatic carbocycles. The number of rotatable bonds is 3. The Bertz CT molecular complexity index is 768. The normalized spacial score (nSPS) is 19.6. The summed E-state index contributed by atoms with van der Waals surface area (Å²) in [6, 6.07) is 3.02. The fourth-order valence-electron chi connectivity index (χ4n) is 2.27. The number of aromatic nitrogens is 3. The Balaban J connectivity index is 1.74. The van der Waals surface area contributed by atoms with Gasteiger partial charge in [0.1, 0.15) is 15.7 Å². The summed E-state index contributed by atoms with van der Waals surface area (Å²) in [5.74, 6) is 1.15. The number of hydrogen-bond acceptors (Lipinski definition) is 8. The lowest BCUT2D eigenvalue weighted by atomic mass is 10.4. The molecule has 2 aliphatic heterocycles. The molecule has 1 unspecified atom stereocenters. The van der Waals surface area contributed by atoms with E-state index < -0.39 is 4.92 Å². The van der Waals surface area contributed by atoms with E-state index in [1.165, 1.54) is 17.8 Å². The number of furan rings is 1. The summed E-state index contributed by atoms with van der Waals surface area (Å²) in [5, 5.41) is 24.8. The maximum absolute atomic E-state index is 10.8. The molecule has 0 saturated carbocycles. The van der Waals surface area contributed by atoms with Crippen molar-refractivity contribution < 1.29 is 9.34 Å². The largest absolute Gasteiger partial charge is 0.433 e. The van der Waals surface area contributed by atoms with Crippen molar-refractivity contribution in [1.82, 2.24) is 14.9 Å². The van der Waals surface area contributed by atoms with E-state index in [1.807, 2.05) is 22.0 Å². The second-order valence-electron chi connectivity index (χ2n) is 4.39. The van der Waals surface area contributed by atoms with Gasteiger partial charge in [0, 0.05) is 11.8 Å². The standard InChI is InChI=1S/C11H9N5O3S2/c1-2-7-12-13-11-14(7)15-9(21-11)5-20-10(15)6-3-4-8(19-6)16(17)18/h3-5,10H,2H2,1H3. The number of thioether (sulfide) groups is 2. The van der Waals surface area contributed by atoms with Crippen LogP contribution in [0, 0.1) is 10.1 Å². The quantitative estimate of drug-likeness (QED) is 0.629. The van der Waals surface area contributed by atoms with Gasteiger partial charge in [0.2, 0.25) is 5.16 Å². The van der Waals surface area contributed by atoms with Crippen LogP contribution in [0.4, 0.5) is 5.88 Å². The van der Waals surface area contributed by atoms with Crippen LogP contribution in [-0.4, -0.2) is 19.8 Å². The summed E-state index contributed by atoms with van der Waals surface area (Å²) in [5.41, 5.74) is 0. The molecule has 10 heteroatoms. The van der Waals surface area contributed by atoms with Crippen LogP contribution >= 0.6 is 23.5 Å². The molecule has 8 nitrogen and oxygen atoms in total. The third-order valence-corrected chi connectivity index (χ3v) is 5.34. The van der Waals surface area contributed by atoms with E-state index in [4.69, 9.17) is 4.42 Å². The molecule has 4 rings (SSSR count). The van der Waals surface area contributed by atoms with Gasteiger partial charge in [-0.1, -0.05) is 18.7 Å². The smallest absolute Gasteiger partial charge is 0.403 e. The molecule has 0 spiro atoms. The molecule has 108 valence electrons. The Kier molecular flexibility index (Phi) is 2.76. The zero-order chi connectivity index (χ0) is 14.6. The molecular weight excluding hydrogens is 314 g/mol. The summed E-state index contributed by atoms with van der Waals surface area (Å²) in [4.78, 5) is 10.2. The van der Waals surface area contributed by atoms with Crippen LogP contribution in [0.2, 0.25) is 0 Å². The Morgan fingerprint density at radius 2 is 2.33 bits per heavy atom. The van der Waals surface area contributed by atoms with Crippen molar-refractivity contribution >= 4 is 29.4 Å². The summed E-state index contributed by atoms with van der Waals surface area (Å²) in [6.45, 7) is 2.01. The van der Waals surface area contributed by atoms with Gasteiger partial charge in [-0.05, 0) is 17.8 Å². The van der Waals surface area contributed by atoms with E-state index >= 15 is 0 Å². The Morgan fingerprint density at radius 1 is 1.48 bits per heavy atom. The van der Waals surface area contributed by atoms with Crippen molar-refractivity contribution in [2.75, 3.05) is 5.01 Å².